The Hall–Kier alpha value is -1.40. The van der Waals surface area contributed by atoms with Crippen LogP contribution >= 0.6 is 0 Å². The van der Waals surface area contributed by atoms with Gasteiger partial charge in [-0.2, -0.15) is 0 Å². The molecule has 0 fully saturated rings. The maximum Gasteiger partial charge on any atom is 0.307 e. The Bertz CT molecular complexity index is 602. The van der Waals surface area contributed by atoms with Crippen molar-refractivity contribution in [3.05, 3.63) is 29.8 Å². The lowest BCUT2D eigenvalue weighted by atomic mass is 9.85. The topological polar surface area (TPSA) is 83.5 Å². The van der Waals surface area contributed by atoms with Gasteiger partial charge in [-0.25, -0.2) is 13.1 Å². The first-order valence-corrected chi connectivity index (χ1v) is 8.29. The maximum absolute atomic E-state index is 12.2. The Morgan fingerprint density at radius 2 is 1.86 bits per heavy atom. The van der Waals surface area contributed by atoms with E-state index in [0.717, 1.165) is 0 Å². The Morgan fingerprint density at radius 3 is 2.33 bits per heavy atom. The fourth-order valence-corrected chi connectivity index (χ4v) is 3.46. The molecule has 0 spiro atoms. The Balaban J connectivity index is 2.85. The van der Waals surface area contributed by atoms with Gasteiger partial charge in [0, 0.05) is 6.54 Å². The lowest BCUT2D eigenvalue weighted by Gasteiger charge is -2.23. The molecule has 2 N–H and O–H groups in total. The van der Waals surface area contributed by atoms with Gasteiger partial charge in [0.25, 0.3) is 0 Å². The number of carbonyl (C=O) groups is 1. The van der Waals surface area contributed by atoms with Crippen LogP contribution in [0.5, 0.6) is 0 Å². The van der Waals surface area contributed by atoms with E-state index in [2.05, 4.69) is 4.72 Å². The number of carboxylic acids is 1. The molecule has 1 atom stereocenters. The summed E-state index contributed by atoms with van der Waals surface area (Å²) < 4.78 is 26.9. The smallest absolute Gasteiger partial charge is 0.307 e. The molecular formula is C15H23NO4S. The molecule has 0 bridgehead atoms. The standard InChI is InChI=1S/C15H23NO4S/c1-11-7-5-6-8-13(11)21(19,20)16-10-12(14(17)18)9-15(2,3)4/h5-8,12,16H,9-10H2,1-4H3,(H,17,18). The third kappa shape index (κ3) is 5.47. The number of hydrogen-bond acceptors (Lipinski definition) is 3. The van der Waals surface area contributed by atoms with Gasteiger partial charge in [-0.1, -0.05) is 39.0 Å². The molecule has 0 saturated carbocycles. The summed E-state index contributed by atoms with van der Waals surface area (Å²) in [6, 6.07) is 6.62. The van der Waals surface area contributed by atoms with Crippen LogP contribution in [-0.4, -0.2) is 26.0 Å². The highest BCUT2D eigenvalue weighted by atomic mass is 32.2. The van der Waals surface area contributed by atoms with Gasteiger partial charge in [0.1, 0.15) is 0 Å². The van der Waals surface area contributed by atoms with Crippen molar-refractivity contribution in [1.82, 2.24) is 4.72 Å². The number of aryl methyl sites for hydroxylation is 1. The first kappa shape index (κ1) is 17.7. The monoisotopic (exact) mass is 313 g/mol. The highest BCUT2D eigenvalue weighted by Gasteiger charge is 2.26. The second kappa shape index (κ2) is 6.58. The molecule has 118 valence electrons. The average Bonchev–Trinajstić information content (AvgIpc) is 2.33. The van der Waals surface area contributed by atoms with E-state index < -0.39 is 21.9 Å². The predicted molar refractivity (Wildman–Crippen MR) is 81.6 cm³/mol. The van der Waals surface area contributed by atoms with E-state index in [9.17, 15) is 18.3 Å². The fourth-order valence-electron chi connectivity index (χ4n) is 2.13. The van der Waals surface area contributed by atoms with Crippen LogP contribution in [0.2, 0.25) is 0 Å². The molecule has 1 unspecified atom stereocenters. The first-order chi connectivity index (χ1) is 9.53. The number of benzene rings is 1. The van der Waals surface area contributed by atoms with Crippen molar-refractivity contribution in [2.24, 2.45) is 11.3 Å². The van der Waals surface area contributed by atoms with E-state index >= 15 is 0 Å². The summed E-state index contributed by atoms with van der Waals surface area (Å²) in [5, 5.41) is 9.22. The van der Waals surface area contributed by atoms with Gasteiger partial charge in [-0.3, -0.25) is 4.79 Å². The molecule has 0 aliphatic heterocycles. The van der Waals surface area contributed by atoms with Gasteiger partial charge < -0.3 is 5.11 Å². The summed E-state index contributed by atoms with van der Waals surface area (Å²) in [5.74, 6) is -1.73. The molecule has 1 aromatic rings. The van der Waals surface area contributed by atoms with Crippen LogP contribution in [0.3, 0.4) is 0 Å². The lowest BCUT2D eigenvalue weighted by molar-refractivity contribution is -0.142. The fraction of sp³-hybridized carbons (Fsp3) is 0.533. The minimum Gasteiger partial charge on any atom is -0.481 e. The van der Waals surface area contributed by atoms with Crippen LogP contribution in [-0.2, 0) is 14.8 Å². The quantitative estimate of drug-likeness (QED) is 0.845. The third-order valence-electron chi connectivity index (χ3n) is 3.11. The molecule has 21 heavy (non-hydrogen) atoms. The molecule has 0 saturated heterocycles. The molecule has 1 aromatic carbocycles. The van der Waals surface area contributed by atoms with E-state index in [0.29, 0.717) is 12.0 Å². The van der Waals surface area contributed by atoms with Crippen molar-refractivity contribution in [2.45, 2.75) is 39.0 Å². The highest BCUT2D eigenvalue weighted by Crippen LogP contribution is 2.24. The van der Waals surface area contributed by atoms with E-state index in [1.165, 1.54) is 6.07 Å². The van der Waals surface area contributed by atoms with Crippen molar-refractivity contribution in [1.29, 1.82) is 0 Å². The SMILES string of the molecule is Cc1ccccc1S(=O)(=O)NCC(CC(C)(C)C)C(=O)O. The van der Waals surface area contributed by atoms with Gasteiger partial charge in [0.15, 0.2) is 0 Å². The van der Waals surface area contributed by atoms with Crippen molar-refractivity contribution >= 4 is 16.0 Å². The molecule has 0 radical (unpaired) electrons. The van der Waals surface area contributed by atoms with Crippen LogP contribution in [0.25, 0.3) is 0 Å². The van der Waals surface area contributed by atoms with E-state index in [1.54, 1.807) is 25.1 Å². The van der Waals surface area contributed by atoms with Gasteiger partial charge >= 0.3 is 5.97 Å². The van der Waals surface area contributed by atoms with Crippen LogP contribution < -0.4 is 4.72 Å². The molecule has 0 aromatic heterocycles. The largest absolute Gasteiger partial charge is 0.481 e. The number of nitrogens with one attached hydrogen (secondary N) is 1. The summed E-state index contributed by atoms with van der Waals surface area (Å²) in [7, 11) is -3.69. The Kier molecular flexibility index (Phi) is 5.53. The van der Waals surface area contributed by atoms with Crippen LogP contribution in [0.4, 0.5) is 0 Å². The zero-order chi connectivity index (χ0) is 16.3. The van der Waals surface area contributed by atoms with Crippen LogP contribution in [0, 0.1) is 18.3 Å². The maximum atomic E-state index is 12.2. The molecule has 0 aliphatic rings. The van der Waals surface area contributed by atoms with Gasteiger partial charge in [-0.15, -0.1) is 0 Å². The predicted octanol–water partition coefficient (Wildman–Crippen LogP) is 2.41. The summed E-state index contributed by atoms with van der Waals surface area (Å²) in [6.07, 6.45) is 0.401. The second-order valence-electron chi connectivity index (χ2n) is 6.42. The Morgan fingerprint density at radius 1 is 1.29 bits per heavy atom. The van der Waals surface area contributed by atoms with Crippen LogP contribution in [0.1, 0.15) is 32.8 Å². The van der Waals surface area contributed by atoms with E-state index in [4.69, 9.17) is 0 Å². The molecule has 0 heterocycles. The zero-order valence-corrected chi connectivity index (χ0v) is 13.7. The first-order valence-electron chi connectivity index (χ1n) is 6.81. The molecule has 5 nitrogen and oxygen atoms in total. The summed E-state index contributed by atoms with van der Waals surface area (Å²) >= 11 is 0. The lowest BCUT2D eigenvalue weighted by Crippen LogP contribution is -2.35. The van der Waals surface area contributed by atoms with E-state index in [1.807, 2.05) is 20.8 Å². The van der Waals surface area contributed by atoms with Gasteiger partial charge in [-0.05, 0) is 30.4 Å². The van der Waals surface area contributed by atoms with Gasteiger partial charge in [0.2, 0.25) is 10.0 Å². The number of sulfonamides is 1. The zero-order valence-electron chi connectivity index (χ0n) is 12.9. The summed E-state index contributed by atoms with van der Waals surface area (Å²) in [6.45, 7) is 7.39. The second-order valence-corrected chi connectivity index (χ2v) is 8.15. The summed E-state index contributed by atoms with van der Waals surface area (Å²) in [5.41, 5.74) is 0.449. The molecule has 0 amide bonds. The van der Waals surface area contributed by atoms with Crippen molar-refractivity contribution < 1.29 is 18.3 Å². The number of hydrogen-bond donors (Lipinski definition) is 2. The molecule has 1 rings (SSSR count). The van der Waals surface area contributed by atoms with Crippen molar-refractivity contribution in [2.75, 3.05) is 6.54 Å². The normalized spacial score (nSPS) is 13.9. The van der Waals surface area contributed by atoms with Crippen molar-refractivity contribution in [3.63, 3.8) is 0 Å². The van der Waals surface area contributed by atoms with Crippen molar-refractivity contribution in [3.8, 4) is 0 Å². The Labute approximate surface area is 126 Å². The van der Waals surface area contributed by atoms with E-state index in [-0.39, 0.29) is 16.9 Å². The number of carboxylic acid groups (broad SMARTS) is 1. The third-order valence-corrected chi connectivity index (χ3v) is 4.69. The molecule has 0 aliphatic carbocycles. The average molecular weight is 313 g/mol. The highest BCUT2D eigenvalue weighted by molar-refractivity contribution is 7.89. The minimum atomic E-state index is -3.69. The number of rotatable bonds is 6. The summed E-state index contributed by atoms with van der Waals surface area (Å²) in [4.78, 5) is 11.4. The van der Waals surface area contributed by atoms with Gasteiger partial charge in [0.05, 0.1) is 10.8 Å². The van der Waals surface area contributed by atoms with Crippen LogP contribution in [0.15, 0.2) is 29.2 Å². The minimum absolute atomic E-state index is 0.108. The number of aliphatic carboxylic acids is 1. The molecular weight excluding hydrogens is 290 g/mol. The molecule has 6 heteroatoms.